The average molecular weight is 293 g/mol. The first-order valence-electron chi connectivity index (χ1n) is 7.17. The van der Waals surface area contributed by atoms with Crippen LogP contribution >= 0.6 is 0 Å². The van der Waals surface area contributed by atoms with Crippen molar-refractivity contribution >= 4 is 0 Å². The van der Waals surface area contributed by atoms with Gasteiger partial charge in [-0.3, -0.25) is 10.1 Å². The number of rotatable bonds is 10. The van der Waals surface area contributed by atoms with Crippen LogP contribution in [0.1, 0.15) is 37.7 Å². The molecule has 5 heteroatoms. The van der Waals surface area contributed by atoms with Crippen LogP contribution in [-0.2, 0) is 0 Å². The Labute approximate surface area is 125 Å². The third kappa shape index (κ3) is 5.45. The molecule has 21 heavy (non-hydrogen) atoms. The molecule has 116 valence electrons. The summed E-state index contributed by atoms with van der Waals surface area (Å²) in [6.45, 7) is 6.24. The largest absolute Gasteiger partial charge is 0.493 e. The van der Waals surface area contributed by atoms with Crippen LogP contribution in [0.5, 0.6) is 11.5 Å². The van der Waals surface area contributed by atoms with Crippen molar-refractivity contribution in [2.75, 3.05) is 20.3 Å². The first kappa shape index (κ1) is 17.0. The Bertz CT molecular complexity index is 473. The van der Waals surface area contributed by atoms with Gasteiger partial charge in [-0.25, -0.2) is 0 Å². The second-order valence-corrected chi connectivity index (χ2v) is 4.82. The molecule has 0 amide bonds. The number of nitrogens with zero attached hydrogens (tertiary/aromatic N) is 1. The maximum Gasteiger partial charge on any atom is 0.214 e. The number of benzene rings is 1. The van der Waals surface area contributed by atoms with Gasteiger partial charge in [0.25, 0.3) is 0 Å². The fourth-order valence-electron chi connectivity index (χ4n) is 2.05. The summed E-state index contributed by atoms with van der Waals surface area (Å²) in [5.74, 6) is 0.935. The molecule has 0 aliphatic rings. The van der Waals surface area contributed by atoms with Crippen molar-refractivity contribution in [1.82, 2.24) is 0 Å². The Morgan fingerprint density at radius 1 is 1.38 bits per heavy atom. The molecule has 0 N–H and O–H groups in total. The standard InChI is InChI=1S/C16H23NO4/c1-4-6-7-10-21-16-11-14(8-9-15(16)20-3)13(5-2)12-17(18)19/h5,8-9,11,13H,2,4,6-7,10,12H2,1,3H3/t13-/m0/s1. The molecule has 1 aromatic rings. The number of hydrogen-bond acceptors (Lipinski definition) is 4. The highest BCUT2D eigenvalue weighted by molar-refractivity contribution is 5.44. The molecule has 0 aromatic heterocycles. The SMILES string of the molecule is C=C[C@@H](C[N+](=O)[O-])c1ccc(OC)c(OCCCCC)c1. The molecular formula is C16H23NO4. The monoisotopic (exact) mass is 293 g/mol. The Balaban J connectivity index is 2.86. The molecule has 0 aliphatic carbocycles. The van der Waals surface area contributed by atoms with Gasteiger partial charge in [-0.1, -0.05) is 31.9 Å². The zero-order valence-electron chi connectivity index (χ0n) is 12.7. The first-order chi connectivity index (χ1) is 10.1. The molecule has 0 bridgehead atoms. The molecule has 1 aromatic carbocycles. The normalized spacial score (nSPS) is 11.7. The summed E-state index contributed by atoms with van der Waals surface area (Å²) in [6, 6.07) is 5.40. The number of hydrogen-bond donors (Lipinski definition) is 0. The summed E-state index contributed by atoms with van der Waals surface area (Å²) in [6.07, 6.45) is 4.80. The van der Waals surface area contributed by atoms with E-state index in [1.807, 2.05) is 6.07 Å². The zero-order valence-corrected chi connectivity index (χ0v) is 12.7. The molecule has 0 saturated heterocycles. The van der Waals surface area contributed by atoms with Crippen molar-refractivity contribution < 1.29 is 14.4 Å². The summed E-state index contributed by atoms with van der Waals surface area (Å²) >= 11 is 0. The molecule has 0 radical (unpaired) electrons. The summed E-state index contributed by atoms with van der Waals surface area (Å²) in [7, 11) is 1.58. The van der Waals surface area contributed by atoms with Gasteiger partial charge in [0.2, 0.25) is 6.54 Å². The topological polar surface area (TPSA) is 61.6 Å². The number of methoxy groups -OCH3 is 1. The second kappa shape index (κ2) is 9.00. The molecular weight excluding hydrogens is 270 g/mol. The zero-order chi connectivity index (χ0) is 15.7. The van der Waals surface area contributed by atoms with Crippen molar-refractivity contribution in [3.8, 4) is 11.5 Å². The Kier molecular flexibility index (Phi) is 7.29. The lowest BCUT2D eigenvalue weighted by Crippen LogP contribution is -2.10. The highest BCUT2D eigenvalue weighted by Gasteiger charge is 2.16. The van der Waals surface area contributed by atoms with Gasteiger partial charge in [-0.05, 0) is 24.1 Å². The molecule has 0 saturated carbocycles. The van der Waals surface area contributed by atoms with Crippen molar-refractivity contribution in [2.45, 2.75) is 32.1 Å². The van der Waals surface area contributed by atoms with Crippen LogP contribution in [-0.4, -0.2) is 25.2 Å². The fraction of sp³-hybridized carbons (Fsp3) is 0.500. The number of unbranched alkanes of at least 4 members (excludes halogenated alkanes) is 2. The summed E-state index contributed by atoms with van der Waals surface area (Å²) in [4.78, 5) is 10.4. The van der Waals surface area contributed by atoms with Gasteiger partial charge in [0.05, 0.1) is 19.6 Å². The lowest BCUT2D eigenvalue weighted by atomic mass is 9.99. The average Bonchev–Trinajstić information content (AvgIpc) is 2.48. The number of nitro groups is 1. The highest BCUT2D eigenvalue weighted by Crippen LogP contribution is 2.31. The summed E-state index contributed by atoms with van der Waals surface area (Å²) < 4.78 is 11.0. The Hall–Kier alpha value is -2.04. The fourth-order valence-corrected chi connectivity index (χ4v) is 2.05. The maximum atomic E-state index is 10.7. The van der Waals surface area contributed by atoms with E-state index in [2.05, 4.69) is 13.5 Å². The third-order valence-corrected chi connectivity index (χ3v) is 3.25. The van der Waals surface area contributed by atoms with E-state index in [1.165, 1.54) is 0 Å². The van der Waals surface area contributed by atoms with E-state index in [0.29, 0.717) is 18.1 Å². The molecule has 0 spiro atoms. The lowest BCUT2D eigenvalue weighted by molar-refractivity contribution is -0.481. The molecule has 5 nitrogen and oxygen atoms in total. The predicted octanol–water partition coefficient (Wildman–Crippen LogP) is 3.81. The minimum atomic E-state index is -0.335. The molecule has 1 atom stereocenters. The minimum Gasteiger partial charge on any atom is -0.493 e. The quantitative estimate of drug-likeness (QED) is 0.285. The van der Waals surface area contributed by atoms with Gasteiger partial charge in [0, 0.05) is 4.92 Å². The van der Waals surface area contributed by atoms with E-state index in [4.69, 9.17) is 9.47 Å². The van der Waals surface area contributed by atoms with Gasteiger partial charge in [0.15, 0.2) is 11.5 Å². The Morgan fingerprint density at radius 2 is 2.14 bits per heavy atom. The van der Waals surface area contributed by atoms with Crippen LogP contribution in [0, 0.1) is 10.1 Å². The van der Waals surface area contributed by atoms with Gasteiger partial charge < -0.3 is 9.47 Å². The summed E-state index contributed by atoms with van der Waals surface area (Å²) in [5.41, 5.74) is 0.813. The van der Waals surface area contributed by atoms with Gasteiger partial charge >= 0.3 is 0 Å². The van der Waals surface area contributed by atoms with E-state index in [9.17, 15) is 10.1 Å². The first-order valence-corrected chi connectivity index (χ1v) is 7.17. The van der Waals surface area contributed by atoms with Crippen LogP contribution in [0.2, 0.25) is 0 Å². The maximum absolute atomic E-state index is 10.7. The Morgan fingerprint density at radius 3 is 2.71 bits per heavy atom. The van der Waals surface area contributed by atoms with E-state index < -0.39 is 0 Å². The molecule has 0 heterocycles. The van der Waals surface area contributed by atoms with Crippen molar-refractivity contribution in [3.05, 3.63) is 46.5 Å². The molecule has 1 rings (SSSR count). The van der Waals surface area contributed by atoms with Crippen molar-refractivity contribution in [3.63, 3.8) is 0 Å². The van der Waals surface area contributed by atoms with Crippen LogP contribution < -0.4 is 9.47 Å². The van der Waals surface area contributed by atoms with Crippen LogP contribution in [0.15, 0.2) is 30.9 Å². The lowest BCUT2D eigenvalue weighted by Gasteiger charge is -2.14. The van der Waals surface area contributed by atoms with Crippen molar-refractivity contribution in [1.29, 1.82) is 0 Å². The van der Waals surface area contributed by atoms with Gasteiger partial charge in [0.1, 0.15) is 0 Å². The van der Waals surface area contributed by atoms with E-state index >= 15 is 0 Å². The third-order valence-electron chi connectivity index (χ3n) is 3.25. The predicted molar refractivity (Wildman–Crippen MR) is 82.8 cm³/mol. The van der Waals surface area contributed by atoms with E-state index in [0.717, 1.165) is 24.8 Å². The molecule has 0 unspecified atom stereocenters. The summed E-state index contributed by atoms with van der Waals surface area (Å²) in [5, 5.41) is 10.7. The molecule has 0 fully saturated rings. The van der Waals surface area contributed by atoms with E-state index in [1.54, 1.807) is 25.3 Å². The van der Waals surface area contributed by atoms with Crippen LogP contribution in [0.25, 0.3) is 0 Å². The smallest absolute Gasteiger partial charge is 0.214 e. The van der Waals surface area contributed by atoms with Gasteiger partial charge in [-0.2, -0.15) is 0 Å². The van der Waals surface area contributed by atoms with Crippen LogP contribution in [0.3, 0.4) is 0 Å². The minimum absolute atomic E-state index is 0.175. The second-order valence-electron chi connectivity index (χ2n) is 4.82. The van der Waals surface area contributed by atoms with E-state index in [-0.39, 0.29) is 17.4 Å². The molecule has 0 aliphatic heterocycles. The van der Waals surface area contributed by atoms with Gasteiger partial charge in [-0.15, -0.1) is 6.58 Å². The number of ether oxygens (including phenoxy) is 2. The van der Waals surface area contributed by atoms with Crippen LogP contribution in [0.4, 0.5) is 0 Å². The van der Waals surface area contributed by atoms with Crippen molar-refractivity contribution in [2.24, 2.45) is 0 Å². The highest BCUT2D eigenvalue weighted by atomic mass is 16.6.